The van der Waals surface area contributed by atoms with Gasteiger partial charge in [-0.05, 0) is 36.8 Å². The Hall–Kier alpha value is -2.17. The van der Waals surface area contributed by atoms with Crippen LogP contribution in [0.1, 0.15) is 74.7 Å². The SMILES string of the molecule is CCc1ccc(CCC(=O)NC2(c3noc(C)n3)CCCCCC2)cc1. The van der Waals surface area contributed by atoms with Crippen LogP contribution < -0.4 is 5.32 Å². The topological polar surface area (TPSA) is 68.0 Å². The van der Waals surface area contributed by atoms with Gasteiger partial charge < -0.3 is 9.84 Å². The molecule has 1 amide bonds. The van der Waals surface area contributed by atoms with Crippen LogP contribution in [0.2, 0.25) is 0 Å². The maximum absolute atomic E-state index is 12.7. The first-order chi connectivity index (χ1) is 12.6. The first kappa shape index (κ1) is 18.6. The van der Waals surface area contributed by atoms with Crippen LogP contribution >= 0.6 is 0 Å². The number of aromatic nitrogens is 2. The van der Waals surface area contributed by atoms with Crippen LogP contribution in [0.4, 0.5) is 0 Å². The van der Waals surface area contributed by atoms with E-state index in [1.54, 1.807) is 6.92 Å². The maximum Gasteiger partial charge on any atom is 0.223 e. The zero-order valence-corrected chi connectivity index (χ0v) is 15.9. The van der Waals surface area contributed by atoms with Gasteiger partial charge in [0, 0.05) is 13.3 Å². The fourth-order valence-electron chi connectivity index (χ4n) is 3.76. The Bertz CT molecular complexity index is 713. The van der Waals surface area contributed by atoms with Gasteiger partial charge in [-0.3, -0.25) is 4.79 Å². The van der Waals surface area contributed by atoms with E-state index in [1.165, 1.54) is 24.0 Å². The molecular weight excluding hydrogens is 326 g/mol. The van der Waals surface area contributed by atoms with E-state index in [2.05, 4.69) is 46.6 Å². The third-order valence-electron chi connectivity index (χ3n) is 5.36. The molecule has 1 aliphatic carbocycles. The smallest absolute Gasteiger partial charge is 0.223 e. The van der Waals surface area contributed by atoms with Crippen molar-refractivity contribution in [1.82, 2.24) is 15.5 Å². The molecule has 5 heteroatoms. The third kappa shape index (κ3) is 4.51. The molecule has 1 saturated carbocycles. The highest BCUT2D eigenvalue weighted by Gasteiger charge is 2.38. The van der Waals surface area contributed by atoms with Crippen molar-refractivity contribution in [2.75, 3.05) is 0 Å². The average molecular weight is 355 g/mol. The Balaban J connectivity index is 1.66. The largest absolute Gasteiger partial charge is 0.343 e. The molecule has 0 unspecified atom stereocenters. The van der Waals surface area contributed by atoms with Crippen LogP contribution in [0.3, 0.4) is 0 Å². The summed E-state index contributed by atoms with van der Waals surface area (Å²) in [5.74, 6) is 1.25. The highest BCUT2D eigenvalue weighted by Crippen LogP contribution is 2.34. The van der Waals surface area contributed by atoms with Crippen molar-refractivity contribution in [3.63, 3.8) is 0 Å². The summed E-state index contributed by atoms with van der Waals surface area (Å²) < 4.78 is 5.20. The van der Waals surface area contributed by atoms with Crippen LogP contribution in [0.5, 0.6) is 0 Å². The molecule has 140 valence electrons. The number of hydrogen-bond donors (Lipinski definition) is 1. The standard InChI is InChI=1S/C21H29N3O2/c1-3-17-8-10-18(11-9-17)12-13-19(25)23-21(14-6-4-5-7-15-21)20-22-16(2)26-24-20/h8-11H,3-7,12-15H2,1-2H3,(H,23,25). The zero-order chi connectivity index (χ0) is 18.4. The van der Waals surface area contributed by atoms with E-state index < -0.39 is 5.54 Å². The number of nitrogens with one attached hydrogen (secondary N) is 1. The van der Waals surface area contributed by atoms with Crippen LogP contribution in [0, 0.1) is 6.92 Å². The van der Waals surface area contributed by atoms with Gasteiger partial charge in [-0.2, -0.15) is 4.98 Å². The second-order valence-electron chi connectivity index (χ2n) is 7.35. The Kier molecular flexibility index (Phi) is 6.07. The van der Waals surface area contributed by atoms with Gasteiger partial charge in [-0.15, -0.1) is 0 Å². The molecule has 0 bridgehead atoms. The van der Waals surface area contributed by atoms with Crippen LogP contribution in [-0.2, 0) is 23.2 Å². The molecule has 2 aromatic rings. The maximum atomic E-state index is 12.7. The molecule has 0 saturated heterocycles. The molecule has 1 aromatic carbocycles. The molecule has 5 nitrogen and oxygen atoms in total. The molecule has 0 radical (unpaired) electrons. The number of carbonyl (C=O) groups is 1. The molecule has 26 heavy (non-hydrogen) atoms. The van der Waals surface area contributed by atoms with E-state index in [0.29, 0.717) is 18.1 Å². The molecule has 1 N–H and O–H groups in total. The van der Waals surface area contributed by atoms with Crippen molar-refractivity contribution in [1.29, 1.82) is 0 Å². The number of benzene rings is 1. The molecule has 1 heterocycles. The van der Waals surface area contributed by atoms with Gasteiger partial charge in [-0.25, -0.2) is 0 Å². The first-order valence-electron chi connectivity index (χ1n) is 9.81. The lowest BCUT2D eigenvalue weighted by Gasteiger charge is -2.30. The average Bonchev–Trinajstić information content (AvgIpc) is 2.96. The van der Waals surface area contributed by atoms with Crippen molar-refractivity contribution in [3.8, 4) is 0 Å². The lowest BCUT2D eigenvalue weighted by molar-refractivity contribution is -0.123. The van der Waals surface area contributed by atoms with Gasteiger partial charge in [0.1, 0.15) is 5.54 Å². The first-order valence-corrected chi connectivity index (χ1v) is 9.81. The molecule has 0 atom stereocenters. The zero-order valence-electron chi connectivity index (χ0n) is 15.9. The minimum atomic E-state index is -0.475. The fourth-order valence-corrected chi connectivity index (χ4v) is 3.76. The predicted molar refractivity (Wildman–Crippen MR) is 101 cm³/mol. The number of hydrogen-bond acceptors (Lipinski definition) is 4. The summed E-state index contributed by atoms with van der Waals surface area (Å²) in [6, 6.07) is 8.52. The Morgan fingerprint density at radius 3 is 2.35 bits per heavy atom. The van der Waals surface area contributed by atoms with E-state index in [4.69, 9.17) is 4.52 Å². The summed E-state index contributed by atoms with van der Waals surface area (Å²) in [6.07, 6.45) is 8.55. The molecule has 0 aliphatic heterocycles. The Morgan fingerprint density at radius 2 is 1.77 bits per heavy atom. The lowest BCUT2D eigenvalue weighted by atomic mass is 9.88. The molecule has 1 fully saturated rings. The number of carbonyl (C=O) groups excluding carboxylic acids is 1. The van der Waals surface area contributed by atoms with Gasteiger partial charge in [-0.1, -0.05) is 62.0 Å². The second-order valence-corrected chi connectivity index (χ2v) is 7.35. The van der Waals surface area contributed by atoms with Crippen LogP contribution in [0.15, 0.2) is 28.8 Å². The molecule has 1 aliphatic rings. The predicted octanol–water partition coefficient (Wildman–Crippen LogP) is 4.24. The quantitative estimate of drug-likeness (QED) is 0.787. The summed E-state index contributed by atoms with van der Waals surface area (Å²) in [6.45, 7) is 3.94. The normalized spacial score (nSPS) is 16.8. The fraction of sp³-hybridized carbons (Fsp3) is 0.571. The van der Waals surface area contributed by atoms with Crippen molar-refractivity contribution < 1.29 is 9.32 Å². The molecule has 3 rings (SSSR count). The van der Waals surface area contributed by atoms with Gasteiger partial charge >= 0.3 is 0 Å². The van der Waals surface area contributed by atoms with Crippen LogP contribution in [-0.4, -0.2) is 16.0 Å². The summed E-state index contributed by atoms with van der Waals surface area (Å²) >= 11 is 0. The summed E-state index contributed by atoms with van der Waals surface area (Å²) in [5, 5.41) is 7.41. The van der Waals surface area contributed by atoms with Gasteiger partial charge in [0.15, 0.2) is 5.82 Å². The van der Waals surface area contributed by atoms with E-state index in [0.717, 1.165) is 38.5 Å². The second kappa shape index (κ2) is 8.47. The molecular formula is C21H29N3O2. The number of amides is 1. The van der Waals surface area contributed by atoms with Gasteiger partial charge in [0.25, 0.3) is 0 Å². The summed E-state index contributed by atoms with van der Waals surface area (Å²) in [7, 11) is 0. The number of nitrogens with zero attached hydrogens (tertiary/aromatic N) is 2. The lowest BCUT2D eigenvalue weighted by Crippen LogP contribution is -2.46. The minimum Gasteiger partial charge on any atom is -0.343 e. The number of rotatable bonds is 6. The Labute approximate surface area is 155 Å². The van der Waals surface area contributed by atoms with Crippen molar-refractivity contribution in [2.24, 2.45) is 0 Å². The summed E-state index contributed by atoms with van der Waals surface area (Å²) in [5.41, 5.74) is 2.04. The van der Waals surface area contributed by atoms with E-state index >= 15 is 0 Å². The van der Waals surface area contributed by atoms with Crippen molar-refractivity contribution in [3.05, 3.63) is 47.1 Å². The highest BCUT2D eigenvalue weighted by molar-refractivity contribution is 5.77. The van der Waals surface area contributed by atoms with E-state index in [9.17, 15) is 4.79 Å². The van der Waals surface area contributed by atoms with Crippen LogP contribution in [0.25, 0.3) is 0 Å². The summed E-state index contributed by atoms with van der Waals surface area (Å²) in [4.78, 5) is 17.2. The molecule has 1 aromatic heterocycles. The van der Waals surface area contributed by atoms with Crippen molar-refractivity contribution in [2.45, 2.75) is 77.2 Å². The van der Waals surface area contributed by atoms with Gasteiger partial charge in [0.2, 0.25) is 11.8 Å². The van der Waals surface area contributed by atoms with Crippen molar-refractivity contribution >= 4 is 5.91 Å². The van der Waals surface area contributed by atoms with Gasteiger partial charge in [0.05, 0.1) is 0 Å². The van der Waals surface area contributed by atoms with E-state index in [1.807, 2.05) is 0 Å². The van der Waals surface area contributed by atoms with E-state index in [-0.39, 0.29) is 5.91 Å². The monoisotopic (exact) mass is 355 g/mol. The molecule has 0 spiro atoms. The minimum absolute atomic E-state index is 0.0638. The third-order valence-corrected chi connectivity index (χ3v) is 5.36. The highest BCUT2D eigenvalue weighted by atomic mass is 16.5. The number of aryl methyl sites for hydroxylation is 3. The Morgan fingerprint density at radius 1 is 1.12 bits per heavy atom.